The molecule has 0 unspecified atom stereocenters. The minimum absolute atomic E-state index is 0.158. The molecule has 1 amide bonds. The third-order valence-corrected chi connectivity index (χ3v) is 2.33. The Kier molecular flexibility index (Phi) is 5.17. The molecule has 18 heavy (non-hydrogen) atoms. The minimum atomic E-state index is -0.962. The second-order valence-electron chi connectivity index (χ2n) is 3.86. The Labute approximate surface area is 106 Å². The fourth-order valence-electron chi connectivity index (χ4n) is 1.66. The number of hydrogen-bond acceptors (Lipinski definition) is 3. The first-order valence-corrected chi connectivity index (χ1v) is 5.74. The van der Waals surface area contributed by atoms with Gasteiger partial charge in [0.15, 0.2) is 0 Å². The van der Waals surface area contributed by atoms with Crippen LogP contribution in [0.2, 0.25) is 0 Å². The molecule has 0 saturated carbocycles. The molecule has 0 aromatic heterocycles. The van der Waals surface area contributed by atoms with Crippen molar-refractivity contribution in [3.63, 3.8) is 0 Å². The molecule has 0 heterocycles. The van der Waals surface area contributed by atoms with E-state index in [0.717, 1.165) is 5.56 Å². The van der Waals surface area contributed by atoms with Gasteiger partial charge in [-0.1, -0.05) is 12.1 Å². The number of amides is 1. The predicted molar refractivity (Wildman–Crippen MR) is 66.4 cm³/mol. The van der Waals surface area contributed by atoms with Gasteiger partial charge in [-0.2, -0.15) is 0 Å². The molecule has 2 N–H and O–H groups in total. The Hall–Kier alpha value is -2.04. The number of nitrogens with one attached hydrogen (secondary N) is 1. The number of carboxylic acids is 1. The maximum Gasteiger partial charge on any atom is 0.305 e. The Balaban J connectivity index is 2.92. The number of carboxylic acid groups (broad SMARTS) is 1. The normalized spacial score (nSPS) is 11.7. The fourth-order valence-corrected chi connectivity index (χ4v) is 1.66. The van der Waals surface area contributed by atoms with E-state index in [9.17, 15) is 9.59 Å². The van der Waals surface area contributed by atoms with Gasteiger partial charge in [0.1, 0.15) is 5.75 Å². The lowest BCUT2D eigenvalue weighted by atomic mass is 10.0. The van der Waals surface area contributed by atoms with Gasteiger partial charge in [-0.25, -0.2) is 0 Å². The van der Waals surface area contributed by atoms with Crippen molar-refractivity contribution >= 4 is 11.9 Å². The smallest absolute Gasteiger partial charge is 0.305 e. The first-order chi connectivity index (χ1) is 8.52. The topological polar surface area (TPSA) is 75.6 Å². The molecule has 98 valence electrons. The summed E-state index contributed by atoms with van der Waals surface area (Å²) in [6, 6.07) is 6.54. The van der Waals surface area contributed by atoms with E-state index in [4.69, 9.17) is 9.84 Å². The van der Waals surface area contributed by atoms with Crippen molar-refractivity contribution < 1.29 is 19.4 Å². The molecule has 0 aliphatic carbocycles. The van der Waals surface area contributed by atoms with Crippen molar-refractivity contribution in [2.75, 3.05) is 6.61 Å². The summed E-state index contributed by atoms with van der Waals surface area (Å²) >= 11 is 0. The van der Waals surface area contributed by atoms with Crippen LogP contribution in [0.15, 0.2) is 24.3 Å². The van der Waals surface area contributed by atoms with E-state index < -0.39 is 12.0 Å². The van der Waals surface area contributed by atoms with Crippen molar-refractivity contribution in [3.8, 4) is 5.75 Å². The maximum absolute atomic E-state index is 11.1. The lowest BCUT2D eigenvalue weighted by Gasteiger charge is -2.17. The van der Waals surface area contributed by atoms with Crippen molar-refractivity contribution in [2.45, 2.75) is 26.3 Å². The van der Waals surface area contributed by atoms with Gasteiger partial charge in [0.2, 0.25) is 5.91 Å². The van der Waals surface area contributed by atoms with Gasteiger partial charge in [0.25, 0.3) is 0 Å². The first-order valence-electron chi connectivity index (χ1n) is 5.74. The van der Waals surface area contributed by atoms with Crippen LogP contribution < -0.4 is 10.1 Å². The molecule has 5 heteroatoms. The highest BCUT2D eigenvalue weighted by molar-refractivity contribution is 5.75. The van der Waals surface area contributed by atoms with Crippen molar-refractivity contribution in [1.82, 2.24) is 5.32 Å². The van der Waals surface area contributed by atoms with Gasteiger partial charge in [-0.3, -0.25) is 9.59 Å². The summed E-state index contributed by atoms with van der Waals surface area (Å²) in [4.78, 5) is 21.9. The van der Waals surface area contributed by atoms with Crippen LogP contribution in [0.4, 0.5) is 0 Å². The van der Waals surface area contributed by atoms with Crippen LogP contribution in [0.25, 0.3) is 0 Å². The summed E-state index contributed by atoms with van der Waals surface area (Å²) in [5, 5.41) is 11.5. The first kappa shape index (κ1) is 14.0. The number of rotatable bonds is 6. The monoisotopic (exact) mass is 251 g/mol. The molecule has 0 aliphatic rings. The highest BCUT2D eigenvalue weighted by Crippen LogP contribution is 2.21. The third kappa shape index (κ3) is 4.45. The van der Waals surface area contributed by atoms with Crippen LogP contribution >= 0.6 is 0 Å². The van der Waals surface area contributed by atoms with Gasteiger partial charge < -0.3 is 15.2 Å². The standard InChI is InChI=1S/C13H17NO4/c1-3-18-11-6-4-5-10(7-11)12(8-13(16)17)14-9(2)15/h4-7,12H,3,8H2,1-2H3,(H,14,15)(H,16,17)/t12-/m1/s1. The molecular formula is C13H17NO4. The molecule has 0 bridgehead atoms. The molecule has 0 radical (unpaired) electrons. The van der Waals surface area contributed by atoms with E-state index in [1.807, 2.05) is 6.92 Å². The van der Waals surface area contributed by atoms with Gasteiger partial charge in [0.05, 0.1) is 19.1 Å². The van der Waals surface area contributed by atoms with Gasteiger partial charge in [-0.05, 0) is 24.6 Å². The summed E-state index contributed by atoms with van der Waals surface area (Å²) < 4.78 is 5.35. The second-order valence-corrected chi connectivity index (χ2v) is 3.86. The highest BCUT2D eigenvalue weighted by atomic mass is 16.5. The zero-order valence-electron chi connectivity index (χ0n) is 10.5. The molecule has 1 rings (SSSR count). The average Bonchev–Trinajstić information content (AvgIpc) is 2.28. The van der Waals surface area contributed by atoms with Crippen LogP contribution in [0.1, 0.15) is 31.9 Å². The molecule has 0 spiro atoms. The molecule has 1 aromatic rings. The van der Waals surface area contributed by atoms with Crippen molar-refractivity contribution in [1.29, 1.82) is 0 Å². The summed E-state index contributed by atoms with van der Waals surface area (Å²) in [6.07, 6.45) is -0.158. The average molecular weight is 251 g/mol. The van der Waals surface area contributed by atoms with Gasteiger partial charge in [-0.15, -0.1) is 0 Å². The maximum atomic E-state index is 11.1. The van der Waals surface area contributed by atoms with E-state index in [1.165, 1.54) is 6.92 Å². The van der Waals surface area contributed by atoms with Crippen LogP contribution in [-0.4, -0.2) is 23.6 Å². The Morgan fingerprint density at radius 3 is 2.72 bits per heavy atom. The quantitative estimate of drug-likeness (QED) is 0.807. The second kappa shape index (κ2) is 6.64. The van der Waals surface area contributed by atoms with Crippen LogP contribution in [0.5, 0.6) is 5.75 Å². The van der Waals surface area contributed by atoms with Crippen LogP contribution in [0, 0.1) is 0 Å². The van der Waals surface area contributed by atoms with E-state index >= 15 is 0 Å². The molecule has 0 saturated heterocycles. The third-order valence-electron chi connectivity index (χ3n) is 2.33. The Morgan fingerprint density at radius 2 is 2.17 bits per heavy atom. The zero-order valence-corrected chi connectivity index (χ0v) is 10.5. The molecular weight excluding hydrogens is 234 g/mol. The van der Waals surface area contributed by atoms with Crippen molar-refractivity contribution in [3.05, 3.63) is 29.8 Å². The molecule has 0 aliphatic heterocycles. The highest BCUT2D eigenvalue weighted by Gasteiger charge is 2.16. The van der Waals surface area contributed by atoms with E-state index in [1.54, 1.807) is 24.3 Å². The fraction of sp³-hybridized carbons (Fsp3) is 0.385. The summed E-state index contributed by atoms with van der Waals surface area (Å²) in [5.41, 5.74) is 0.721. The number of aliphatic carboxylic acids is 1. The number of ether oxygens (including phenoxy) is 1. The largest absolute Gasteiger partial charge is 0.494 e. The van der Waals surface area contributed by atoms with Gasteiger partial charge >= 0.3 is 5.97 Å². The summed E-state index contributed by atoms with van der Waals surface area (Å²) in [6.45, 7) is 3.77. The molecule has 1 atom stereocenters. The lowest BCUT2D eigenvalue weighted by molar-refractivity contribution is -0.137. The lowest BCUT2D eigenvalue weighted by Crippen LogP contribution is -2.28. The molecule has 1 aromatic carbocycles. The van der Waals surface area contributed by atoms with Crippen LogP contribution in [-0.2, 0) is 9.59 Å². The molecule has 5 nitrogen and oxygen atoms in total. The Morgan fingerprint density at radius 1 is 1.44 bits per heavy atom. The number of carbonyl (C=O) groups is 2. The van der Waals surface area contributed by atoms with E-state index in [-0.39, 0.29) is 12.3 Å². The van der Waals surface area contributed by atoms with Gasteiger partial charge in [0, 0.05) is 6.92 Å². The number of benzene rings is 1. The van der Waals surface area contributed by atoms with E-state index in [2.05, 4.69) is 5.32 Å². The van der Waals surface area contributed by atoms with Crippen molar-refractivity contribution in [2.24, 2.45) is 0 Å². The Bertz CT molecular complexity index is 415. The number of hydrogen-bond donors (Lipinski definition) is 2. The molecule has 0 fully saturated rings. The summed E-state index contributed by atoms with van der Waals surface area (Å²) in [5.74, 6) is -0.561. The summed E-state index contributed by atoms with van der Waals surface area (Å²) in [7, 11) is 0. The van der Waals surface area contributed by atoms with Crippen LogP contribution in [0.3, 0.4) is 0 Å². The number of carbonyl (C=O) groups excluding carboxylic acids is 1. The van der Waals surface area contributed by atoms with E-state index in [0.29, 0.717) is 12.4 Å². The minimum Gasteiger partial charge on any atom is -0.494 e. The predicted octanol–water partition coefficient (Wildman–Crippen LogP) is 1.74. The zero-order chi connectivity index (χ0) is 13.5. The SMILES string of the molecule is CCOc1cccc([C@@H](CC(=O)O)NC(C)=O)c1.